The van der Waals surface area contributed by atoms with Crippen molar-refractivity contribution in [2.75, 3.05) is 12.9 Å². The van der Waals surface area contributed by atoms with Gasteiger partial charge in [0.05, 0.1) is 28.5 Å². The number of aromatic nitrogens is 2. The van der Waals surface area contributed by atoms with Crippen molar-refractivity contribution in [3.8, 4) is 5.69 Å². The molecule has 206 valence electrons. The summed E-state index contributed by atoms with van der Waals surface area (Å²) in [6, 6.07) is 15.9. The van der Waals surface area contributed by atoms with Gasteiger partial charge in [0.1, 0.15) is 0 Å². The van der Waals surface area contributed by atoms with Gasteiger partial charge >= 0.3 is 5.97 Å². The van der Waals surface area contributed by atoms with Crippen LogP contribution in [0.5, 0.6) is 0 Å². The molecule has 0 spiro atoms. The van der Waals surface area contributed by atoms with Crippen LogP contribution in [0.2, 0.25) is 0 Å². The number of carbonyl (C=O) groups excluding carboxylic acids is 1. The molecule has 0 saturated heterocycles. The van der Waals surface area contributed by atoms with E-state index in [9.17, 15) is 9.59 Å². The minimum Gasteiger partial charge on any atom is -0.463 e. The van der Waals surface area contributed by atoms with E-state index >= 15 is 0 Å². The van der Waals surface area contributed by atoms with Crippen LogP contribution in [0, 0.1) is 27.7 Å². The van der Waals surface area contributed by atoms with Crippen LogP contribution in [0.4, 0.5) is 0 Å². The highest BCUT2D eigenvalue weighted by Crippen LogP contribution is 2.32. The molecule has 0 amide bonds. The summed E-state index contributed by atoms with van der Waals surface area (Å²) in [7, 11) is 0. The molecule has 0 fully saturated rings. The summed E-state index contributed by atoms with van der Waals surface area (Å²) in [5, 5.41) is 0. The number of thiazole rings is 1. The molecule has 0 N–H and O–H groups in total. The van der Waals surface area contributed by atoms with Crippen molar-refractivity contribution >= 4 is 35.1 Å². The molecule has 4 aromatic rings. The molecule has 0 aliphatic carbocycles. The molecule has 8 heteroatoms. The van der Waals surface area contributed by atoms with Crippen LogP contribution in [0.1, 0.15) is 53.5 Å². The lowest BCUT2D eigenvalue weighted by Gasteiger charge is -2.24. The number of fused-ring (bicyclic) bond motifs is 1. The van der Waals surface area contributed by atoms with E-state index in [1.807, 2.05) is 43.5 Å². The lowest BCUT2D eigenvalue weighted by atomic mass is 9.96. The van der Waals surface area contributed by atoms with Crippen molar-refractivity contribution < 1.29 is 9.53 Å². The Kier molecular flexibility index (Phi) is 7.75. The van der Waals surface area contributed by atoms with Gasteiger partial charge in [-0.3, -0.25) is 9.36 Å². The van der Waals surface area contributed by atoms with E-state index in [0.29, 0.717) is 20.6 Å². The molecule has 6 nitrogen and oxygen atoms in total. The molecule has 2 aromatic heterocycles. The summed E-state index contributed by atoms with van der Waals surface area (Å²) in [4.78, 5) is 33.5. The summed E-state index contributed by atoms with van der Waals surface area (Å²) >= 11 is 2.99. The molecular formula is C32H33N3O3S2. The summed E-state index contributed by atoms with van der Waals surface area (Å²) in [6.45, 7) is 12.2. The molecule has 2 aromatic carbocycles. The lowest BCUT2D eigenvalue weighted by molar-refractivity contribution is -0.139. The smallest absolute Gasteiger partial charge is 0.338 e. The number of esters is 1. The predicted molar refractivity (Wildman–Crippen MR) is 163 cm³/mol. The van der Waals surface area contributed by atoms with Gasteiger partial charge < -0.3 is 9.30 Å². The Hall–Kier alpha value is -3.62. The number of rotatable bonds is 6. The predicted octanol–water partition coefficient (Wildman–Crippen LogP) is 5.54. The fourth-order valence-corrected chi connectivity index (χ4v) is 6.68. The topological polar surface area (TPSA) is 65.6 Å². The summed E-state index contributed by atoms with van der Waals surface area (Å²) < 4.78 is 9.85. The number of ether oxygens (including phenoxy) is 1. The Morgan fingerprint density at radius 1 is 1.05 bits per heavy atom. The second-order valence-electron chi connectivity index (χ2n) is 10.0. The minimum atomic E-state index is -0.615. The van der Waals surface area contributed by atoms with E-state index < -0.39 is 12.0 Å². The van der Waals surface area contributed by atoms with Gasteiger partial charge in [-0.25, -0.2) is 9.79 Å². The average Bonchev–Trinajstić information content (AvgIpc) is 3.38. The van der Waals surface area contributed by atoms with Crippen LogP contribution in [0.15, 0.2) is 74.5 Å². The van der Waals surface area contributed by atoms with Crippen LogP contribution in [0.3, 0.4) is 0 Å². The summed E-state index contributed by atoms with van der Waals surface area (Å²) in [6.07, 6.45) is 3.96. The van der Waals surface area contributed by atoms with Gasteiger partial charge in [-0.05, 0) is 106 Å². The van der Waals surface area contributed by atoms with Crippen molar-refractivity contribution in [2.24, 2.45) is 4.99 Å². The van der Waals surface area contributed by atoms with Gasteiger partial charge in [0.2, 0.25) is 0 Å². The summed E-state index contributed by atoms with van der Waals surface area (Å²) in [5.41, 5.74) is 8.34. The molecular weight excluding hydrogens is 539 g/mol. The first-order valence-electron chi connectivity index (χ1n) is 13.2. The van der Waals surface area contributed by atoms with E-state index in [0.717, 1.165) is 33.1 Å². The molecule has 0 bridgehead atoms. The quantitative estimate of drug-likeness (QED) is 0.225. The first kappa shape index (κ1) is 27.9. The normalized spacial score (nSPS) is 15.3. The first-order chi connectivity index (χ1) is 19.1. The number of carbonyl (C=O) groups is 1. The number of thioether (sulfide) groups is 1. The van der Waals surface area contributed by atoms with Gasteiger partial charge in [-0.2, -0.15) is 0 Å². The van der Waals surface area contributed by atoms with E-state index in [-0.39, 0.29) is 12.2 Å². The fraction of sp³-hybridized carbons (Fsp3) is 0.281. The van der Waals surface area contributed by atoms with Crippen molar-refractivity contribution in [2.45, 2.75) is 52.5 Å². The van der Waals surface area contributed by atoms with Gasteiger partial charge in [0.15, 0.2) is 4.80 Å². The third-order valence-electron chi connectivity index (χ3n) is 7.45. The molecule has 1 atom stereocenters. The number of nitrogens with zero attached hydrogens (tertiary/aromatic N) is 3. The maximum absolute atomic E-state index is 14.0. The monoisotopic (exact) mass is 571 g/mol. The minimum absolute atomic E-state index is 0.173. The van der Waals surface area contributed by atoms with E-state index in [1.165, 1.54) is 22.5 Å². The summed E-state index contributed by atoms with van der Waals surface area (Å²) in [5.74, 6) is -0.450. The first-order valence-corrected chi connectivity index (χ1v) is 15.3. The highest BCUT2D eigenvalue weighted by atomic mass is 32.2. The van der Waals surface area contributed by atoms with Crippen LogP contribution >= 0.6 is 23.1 Å². The average molecular weight is 572 g/mol. The Morgan fingerprint density at radius 3 is 2.42 bits per heavy atom. The van der Waals surface area contributed by atoms with Gasteiger partial charge in [0, 0.05) is 22.0 Å². The van der Waals surface area contributed by atoms with Gasteiger partial charge in [-0.1, -0.05) is 29.5 Å². The number of benzene rings is 2. The number of aryl methyl sites for hydroxylation is 3. The Bertz CT molecular complexity index is 1840. The number of hydrogen-bond acceptors (Lipinski definition) is 6. The van der Waals surface area contributed by atoms with Crippen molar-refractivity contribution in [3.05, 3.63) is 113 Å². The highest BCUT2D eigenvalue weighted by molar-refractivity contribution is 7.98. The molecule has 3 heterocycles. The van der Waals surface area contributed by atoms with E-state index in [2.05, 4.69) is 56.5 Å². The van der Waals surface area contributed by atoms with E-state index in [1.54, 1.807) is 23.3 Å². The van der Waals surface area contributed by atoms with Crippen molar-refractivity contribution in [3.63, 3.8) is 0 Å². The molecule has 1 aliphatic rings. The second-order valence-corrected chi connectivity index (χ2v) is 11.9. The molecule has 1 aliphatic heterocycles. The third-order valence-corrected chi connectivity index (χ3v) is 9.18. The van der Waals surface area contributed by atoms with Crippen LogP contribution in [-0.4, -0.2) is 28.0 Å². The molecule has 40 heavy (non-hydrogen) atoms. The third kappa shape index (κ3) is 4.90. The molecule has 5 rings (SSSR count). The highest BCUT2D eigenvalue weighted by Gasteiger charge is 2.33. The van der Waals surface area contributed by atoms with Gasteiger partial charge in [-0.15, -0.1) is 11.8 Å². The standard InChI is InChI=1S/C32H33N3O3S2/c1-8-38-31(37)28-21(5)33-32-35(29(28)23-10-13-26(39-7)14-11-23)30(36)27(40-32)17-24-16-20(4)34(22(24)6)25-12-9-18(2)19(3)15-25/h9-17,29H,8H2,1-7H3/b27-17+/t29-/m0/s1. The SMILES string of the molecule is CCOC(=O)C1=C(C)N=c2s/c(=C/c3cc(C)n(-c4ccc(C)c(C)c4)c3C)c(=O)n2[C@H]1c1ccc(SC)cc1. The number of allylic oxidation sites excluding steroid dienone is 1. The Balaban J connectivity index is 1.68. The number of hydrogen-bond donors (Lipinski definition) is 0. The van der Waals surface area contributed by atoms with Crippen LogP contribution in [-0.2, 0) is 9.53 Å². The molecule has 0 unspecified atom stereocenters. The molecule has 0 saturated carbocycles. The van der Waals surface area contributed by atoms with Gasteiger partial charge in [0.25, 0.3) is 5.56 Å². The maximum atomic E-state index is 14.0. The van der Waals surface area contributed by atoms with E-state index in [4.69, 9.17) is 9.73 Å². The van der Waals surface area contributed by atoms with Crippen LogP contribution in [0.25, 0.3) is 11.8 Å². The Labute approximate surface area is 242 Å². The second kappa shape index (κ2) is 11.1. The zero-order chi connectivity index (χ0) is 28.7. The fourth-order valence-electron chi connectivity index (χ4n) is 5.23. The Morgan fingerprint density at radius 2 is 1.77 bits per heavy atom. The van der Waals surface area contributed by atoms with Crippen molar-refractivity contribution in [1.29, 1.82) is 0 Å². The molecule has 0 radical (unpaired) electrons. The largest absolute Gasteiger partial charge is 0.463 e. The lowest BCUT2D eigenvalue weighted by Crippen LogP contribution is -2.39. The zero-order valence-corrected chi connectivity index (χ0v) is 25.5. The maximum Gasteiger partial charge on any atom is 0.338 e. The zero-order valence-electron chi connectivity index (χ0n) is 23.9. The van der Waals surface area contributed by atoms with Crippen molar-refractivity contribution in [1.82, 2.24) is 9.13 Å². The van der Waals surface area contributed by atoms with Crippen LogP contribution < -0.4 is 14.9 Å².